The van der Waals surface area contributed by atoms with Crippen molar-refractivity contribution < 1.29 is 9.47 Å². The van der Waals surface area contributed by atoms with Gasteiger partial charge in [0.2, 0.25) is 0 Å². The molecule has 0 bridgehead atoms. The lowest BCUT2D eigenvalue weighted by Gasteiger charge is -2.12. The number of hydrogen-bond acceptors (Lipinski definition) is 4. The summed E-state index contributed by atoms with van der Waals surface area (Å²) in [6.07, 6.45) is 5.21. The lowest BCUT2D eigenvalue weighted by molar-refractivity contribution is 0.0165. The predicted octanol–water partition coefficient (Wildman–Crippen LogP) is 1.67. The molecule has 2 rings (SSSR count). The highest BCUT2D eigenvalue weighted by Crippen LogP contribution is 2.16. The quantitative estimate of drug-likeness (QED) is 0.691. The highest BCUT2D eigenvalue weighted by atomic mass is 32.2. The molecule has 16 heavy (non-hydrogen) atoms. The molecule has 0 spiro atoms. The third-order valence-electron chi connectivity index (χ3n) is 3.16. The number of rotatable bonds is 7. The van der Waals surface area contributed by atoms with Gasteiger partial charge in [-0.2, -0.15) is 11.8 Å². The van der Waals surface area contributed by atoms with Gasteiger partial charge in [-0.15, -0.1) is 0 Å². The van der Waals surface area contributed by atoms with E-state index in [2.05, 4.69) is 17.1 Å². The fourth-order valence-electron chi connectivity index (χ4n) is 2.17. The van der Waals surface area contributed by atoms with Gasteiger partial charge in [-0.25, -0.2) is 0 Å². The summed E-state index contributed by atoms with van der Waals surface area (Å²) in [5, 5.41) is 3.58. The molecule has 1 N–H and O–H groups in total. The molecule has 4 heteroatoms. The minimum absolute atomic E-state index is 0.374. The fourth-order valence-corrected chi connectivity index (χ4v) is 3.35. The maximum atomic E-state index is 5.61. The van der Waals surface area contributed by atoms with Crippen LogP contribution in [0.25, 0.3) is 0 Å². The maximum Gasteiger partial charge on any atom is 0.0809 e. The van der Waals surface area contributed by atoms with Crippen molar-refractivity contribution in [1.29, 1.82) is 0 Å². The summed E-state index contributed by atoms with van der Waals surface area (Å²) in [6.45, 7) is 3.68. The first-order valence-corrected chi connectivity index (χ1v) is 7.61. The standard InChI is InChI=1S/C12H23NO2S/c1-3-12(15-7-1)9-14-6-2-5-13-11-4-8-16-10-11/h11-13H,1-10H2. The normalized spacial score (nSPS) is 30.0. The SMILES string of the molecule is C(CNC1CCSC1)COCC1CCCO1. The molecule has 2 fully saturated rings. The van der Waals surface area contributed by atoms with E-state index in [0.29, 0.717) is 6.10 Å². The minimum atomic E-state index is 0.374. The van der Waals surface area contributed by atoms with E-state index < -0.39 is 0 Å². The Morgan fingerprint density at radius 2 is 2.38 bits per heavy atom. The fraction of sp³-hybridized carbons (Fsp3) is 1.00. The first-order valence-electron chi connectivity index (χ1n) is 6.45. The first kappa shape index (κ1) is 12.7. The van der Waals surface area contributed by atoms with Gasteiger partial charge in [-0.1, -0.05) is 0 Å². The molecule has 3 nitrogen and oxygen atoms in total. The molecule has 2 atom stereocenters. The van der Waals surface area contributed by atoms with Crippen LogP contribution in [0.4, 0.5) is 0 Å². The molecular formula is C12H23NO2S. The van der Waals surface area contributed by atoms with Gasteiger partial charge in [0.1, 0.15) is 0 Å². The zero-order valence-corrected chi connectivity index (χ0v) is 10.8. The zero-order valence-electron chi connectivity index (χ0n) is 9.95. The minimum Gasteiger partial charge on any atom is -0.379 e. The monoisotopic (exact) mass is 245 g/mol. The molecule has 2 saturated heterocycles. The largest absolute Gasteiger partial charge is 0.379 e. The lowest BCUT2D eigenvalue weighted by atomic mass is 10.2. The van der Waals surface area contributed by atoms with Crippen LogP contribution >= 0.6 is 11.8 Å². The van der Waals surface area contributed by atoms with E-state index in [9.17, 15) is 0 Å². The molecule has 0 aromatic rings. The average Bonchev–Trinajstić information content (AvgIpc) is 2.96. The van der Waals surface area contributed by atoms with Crippen molar-refractivity contribution in [3.63, 3.8) is 0 Å². The van der Waals surface area contributed by atoms with Crippen molar-refractivity contribution in [3.8, 4) is 0 Å². The summed E-state index contributed by atoms with van der Waals surface area (Å²) in [5.74, 6) is 2.62. The summed E-state index contributed by atoms with van der Waals surface area (Å²) in [7, 11) is 0. The Bertz CT molecular complexity index is 160. The molecule has 2 unspecified atom stereocenters. The van der Waals surface area contributed by atoms with Crippen LogP contribution in [-0.4, -0.2) is 50.0 Å². The van der Waals surface area contributed by atoms with Crippen molar-refractivity contribution in [2.24, 2.45) is 0 Å². The number of nitrogens with one attached hydrogen (secondary N) is 1. The Morgan fingerprint density at radius 1 is 1.38 bits per heavy atom. The van der Waals surface area contributed by atoms with E-state index in [1.54, 1.807) is 0 Å². The number of thioether (sulfide) groups is 1. The zero-order chi connectivity index (χ0) is 11.1. The average molecular weight is 245 g/mol. The lowest BCUT2D eigenvalue weighted by Crippen LogP contribution is -2.30. The van der Waals surface area contributed by atoms with E-state index in [-0.39, 0.29) is 0 Å². The van der Waals surface area contributed by atoms with Gasteiger partial charge in [0.25, 0.3) is 0 Å². The van der Waals surface area contributed by atoms with E-state index >= 15 is 0 Å². The van der Waals surface area contributed by atoms with Gasteiger partial charge in [0.15, 0.2) is 0 Å². The van der Waals surface area contributed by atoms with Crippen molar-refractivity contribution in [1.82, 2.24) is 5.32 Å². The topological polar surface area (TPSA) is 30.5 Å². The molecule has 2 aliphatic rings. The van der Waals surface area contributed by atoms with Gasteiger partial charge in [0.05, 0.1) is 12.7 Å². The number of ether oxygens (including phenoxy) is 2. The second-order valence-corrected chi connectivity index (χ2v) is 5.73. The van der Waals surface area contributed by atoms with E-state index in [1.807, 2.05) is 0 Å². The van der Waals surface area contributed by atoms with Crippen molar-refractivity contribution in [2.75, 3.05) is 37.9 Å². The number of hydrogen-bond donors (Lipinski definition) is 1. The van der Waals surface area contributed by atoms with Crippen LogP contribution in [-0.2, 0) is 9.47 Å². The van der Waals surface area contributed by atoms with Crippen LogP contribution in [0.2, 0.25) is 0 Å². The van der Waals surface area contributed by atoms with Crippen LogP contribution in [0.5, 0.6) is 0 Å². The second-order valence-electron chi connectivity index (χ2n) is 4.58. The Kier molecular flexibility index (Phi) is 5.97. The Balaban J connectivity index is 1.37. The van der Waals surface area contributed by atoms with Crippen LogP contribution < -0.4 is 5.32 Å². The molecule has 2 aliphatic heterocycles. The third-order valence-corrected chi connectivity index (χ3v) is 4.32. The first-order chi connectivity index (χ1) is 7.95. The van der Waals surface area contributed by atoms with E-state index in [0.717, 1.165) is 38.8 Å². The smallest absolute Gasteiger partial charge is 0.0809 e. The maximum absolute atomic E-state index is 5.61. The van der Waals surface area contributed by atoms with Crippen LogP contribution in [0.15, 0.2) is 0 Å². The molecule has 0 aromatic carbocycles. The second kappa shape index (κ2) is 7.54. The summed E-state index contributed by atoms with van der Waals surface area (Å²) >= 11 is 2.06. The van der Waals surface area contributed by atoms with Crippen molar-refractivity contribution >= 4 is 11.8 Å². The van der Waals surface area contributed by atoms with Crippen LogP contribution in [0.3, 0.4) is 0 Å². The van der Waals surface area contributed by atoms with Crippen molar-refractivity contribution in [2.45, 2.75) is 37.8 Å². The molecular weight excluding hydrogens is 222 g/mol. The Morgan fingerprint density at radius 3 is 3.12 bits per heavy atom. The molecule has 0 aliphatic carbocycles. The van der Waals surface area contributed by atoms with Gasteiger partial charge >= 0.3 is 0 Å². The van der Waals surface area contributed by atoms with Gasteiger partial charge in [-0.05, 0) is 38.0 Å². The summed E-state index contributed by atoms with van der Waals surface area (Å²) in [4.78, 5) is 0. The predicted molar refractivity (Wildman–Crippen MR) is 68.1 cm³/mol. The highest BCUT2D eigenvalue weighted by molar-refractivity contribution is 7.99. The highest BCUT2D eigenvalue weighted by Gasteiger charge is 2.15. The van der Waals surface area contributed by atoms with Crippen LogP contribution in [0.1, 0.15) is 25.7 Å². The molecule has 0 amide bonds. The Hall–Kier alpha value is 0.230. The Labute approximate surface area is 103 Å². The van der Waals surface area contributed by atoms with Crippen LogP contribution in [0, 0.1) is 0 Å². The van der Waals surface area contributed by atoms with Gasteiger partial charge in [-0.3, -0.25) is 0 Å². The third kappa shape index (κ3) is 4.62. The molecule has 2 heterocycles. The van der Waals surface area contributed by atoms with E-state index in [1.165, 1.54) is 30.8 Å². The van der Waals surface area contributed by atoms with Crippen molar-refractivity contribution in [3.05, 3.63) is 0 Å². The molecule has 0 aromatic heterocycles. The summed E-state index contributed by atoms with van der Waals surface area (Å²) in [5.41, 5.74) is 0. The van der Waals surface area contributed by atoms with Gasteiger partial charge in [0, 0.05) is 25.0 Å². The van der Waals surface area contributed by atoms with Gasteiger partial charge < -0.3 is 14.8 Å². The molecule has 0 radical (unpaired) electrons. The summed E-state index contributed by atoms with van der Waals surface area (Å²) < 4.78 is 11.1. The molecule has 94 valence electrons. The molecule has 0 saturated carbocycles. The summed E-state index contributed by atoms with van der Waals surface area (Å²) in [6, 6.07) is 0.753. The van der Waals surface area contributed by atoms with E-state index in [4.69, 9.17) is 9.47 Å².